The molecule has 7 heteroatoms. The van der Waals surface area contributed by atoms with Gasteiger partial charge in [0.25, 0.3) is 0 Å². The summed E-state index contributed by atoms with van der Waals surface area (Å²) in [5, 5.41) is 20.9. The molecule has 0 aliphatic heterocycles. The monoisotopic (exact) mass is 357 g/mol. The van der Waals surface area contributed by atoms with Crippen molar-refractivity contribution in [2.45, 2.75) is 12.2 Å². The molecule has 0 spiro atoms. The van der Waals surface area contributed by atoms with Gasteiger partial charge < -0.3 is 19.7 Å². The van der Waals surface area contributed by atoms with Gasteiger partial charge in [0.1, 0.15) is 11.9 Å². The summed E-state index contributed by atoms with van der Waals surface area (Å²) in [6, 6.07) is 14.8. The second-order valence-corrected chi connectivity index (χ2v) is 5.31. The number of carbonyl (C=O) groups is 2. The summed E-state index contributed by atoms with van der Waals surface area (Å²) in [4.78, 5) is 23.0. The minimum absolute atomic E-state index is 0.0521. The third-order valence-electron chi connectivity index (χ3n) is 3.47. The highest BCUT2D eigenvalue weighted by atomic mass is 16.6. The number of phenols is 1. The summed E-state index contributed by atoms with van der Waals surface area (Å²) < 4.78 is 10.7. The first-order valence-electron chi connectivity index (χ1n) is 7.75. The summed E-state index contributed by atoms with van der Waals surface area (Å²) in [6.45, 7) is 0. The number of carboxylic acid groups (broad SMARTS) is 1. The Hall–Kier alpha value is -3.32. The average Bonchev–Trinajstić information content (AvgIpc) is 2.62. The van der Waals surface area contributed by atoms with E-state index < -0.39 is 24.3 Å². The minimum atomic E-state index is -1.15. The van der Waals surface area contributed by atoms with Gasteiger partial charge in [-0.15, -0.1) is 0 Å². The quantitative estimate of drug-likeness (QED) is 0.657. The molecular weight excluding hydrogens is 338 g/mol. The molecule has 0 heterocycles. The summed E-state index contributed by atoms with van der Waals surface area (Å²) in [5.41, 5.74) is 1.09. The molecule has 0 saturated carbocycles. The van der Waals surface area contributed by atoms with Gasteiger partial charge in [-0.2, -0.15) is 0 Å². The number of para-hydroxylation sites is 1. The zero-order valence-corrected chi connectivity index (χ0v) is 14.0. The lowest BCUT2D eigenvalue weighted by molar-refractivity contribution is -0.131. The highest BCUT2D eigenvalue weighted by Gasteiger charge is 2.26. The third kappa shape index (κ3) is 5.64. The van der Waals surface area contributed by atoms with Crippen LogP contribution in [0.25, 0.3) is 0 Å². The third-order valence-corrected chi connectivity index (χ3v) is 3.47. The number of benzene rings is 2. The van der Waals surface area contributed by atoms with Crippen LogP contribution in [-0.4, -0.2) is 35.5 Å². The molecule has 7 nitrogen and oxygen atoms in total. The van der Waals surface area contributed by atoms with Crippen molar-refractivity contribution in [3.05, 3.63) is 72.3 Å². The van der Waals surface area contributed by atoms with Gasteiger partial charge in [-0.1, -0.05) is 30.3 Å². The number of methoxy groups -OCH3 is 1. The highest BCUT2D eigenvalue weighted by Crippen LogP contribution is 2.26. The van der Waals surface area contributed by atoms with Crippen LogP contribution in [0.4, 0.5) is 10.5 Å². The van der Waals surface area contributed by atoms with Gasteiger partial charge in [-0.3, -0.25) is 5.32 Å². The number of phenolic OH excluding ortho intramolecular Hbond substituents is 1. The van der Waals surface area contributed by atoms with E-state index in [1.54, 1.807) is 36.4 Å². The summed E-state index contributed by atoms with van der Waals surface area (Å²) >= 11 is 0. The highest BCUT2D eigenvalue weighted by molar-refractivity contribution is 5.84. The van der Waals surface area contributed by atoms with E-state index in [1.165, 1.54) is 25.3 Å². The molecule has 3 N–H and O–H groups in total. The molecule has 0 bridgehead atoms. The van der Waals surface area contributed by atoms with Crippen molar-refractivity contribution < 1.29 is 29.3 Å². The number of amides is 1. The van der Waals surface area contributed by atoms with E-state index in [9.17, 15) is 14.7 Å². The van der Waals surface area contributed by atoms with E-state index in [4.69, 9.17) is 14.6 Å². The number of rotatable bonds is 7. The number of nitrogens with one attached hydrogen (secondary N) is 1. The van der Waals surface area contributed by atoms with Crippen LogP contribution < -0.4 is 5.32 Å². The first kappa shape index (κ1) is 19.0. The number of anilines is 1. The lowest BCUT2D eigenvalue weighted by atomic mass is 10.0. The fraction of sp³-hybridized carbons (Fsp3) is 0.158. The number of ether oxygens (including phenoxy) is 2. The van der Waals surface area contributed by atoms with E-state index in [0.29, 0.717) is 11.3 Å². The molecule has 2 atom stereocenters. The number of hydrogen-bond donors (Lipinski definition) is 3. The summed E-state index contributed by atoms with van der Waals surface area (Å²) in [6.07, 6.45) is -0.271. The fourth-order valence-electron chi connectivity index (χ4n) is 2.25. The van der Waals surface area contributed by atoms with E-state index in [-0.39, 0.29) is 5.75 Å². The zero-order valence-electron chi connectivity index (χ0n) is 14.0. The Balaban J connectivity index is 2.22. The SMILES string of the molecule is CO[C@@H](/C=C/C(=O)O)[C@@H](OC(=O)Nc1ccccc1)c1ccc(O)cc1. The lowest BCUT2D eigenvalue weighted by Gasteiger charge is -2.24. The molecule has 0 unspecified atom stereocenters. The Bertz CT molecular complexity index is 757. The van der Waals surface area contributed by atoms with Crippen LogP contribution in [0.2, 0.25) is 0 Å². The minimum Gasteiger partial charge on any atom is -0.508 e. The number of aromatic hydroxyl groups is 1. The van der Waals surface area contributed by atoms with Gasteiger partial charge in [-0.05, 0) is 35.9 Å². The van der Waals surface area contributed by atoms with E-state index in [1.807, 2.05) is 6.07 Å². The Labute approximate surface area is 150 Å². The van der Waals surface area contributed by atoms with Crippen molar-refractivity contribution in [3.63, 3.8) is 0 Å². The second kappa shape index (κ2) is 9.24. The number of aliphatic carboxylic acids is 1. The van der Waals surface area contributed by atoms with Crippen LogP contribution in [-0.2, 0) is 14.3 Å². The van der Waals surface area contributed by atoms with Crippen molar-refractivity contribution in [1.29, 1.82) is 0 Å². The van der Waals surface area contributed by atoms with Crippen LogP contribution in [0, 0.1) is 0 Å². The fourth-order valence-corrected chi connectivity index (χ4v) is 2.25. The van der Waals surface area contributed by atoms with Crippen LogP contribution in [0.15, 0.2) is 66.7 Å². The van der Waals surface area contributed by atoms with Crippen molar-refractivity contribution in [2.75, 3.05) is 12.4 Å². The van der Waals surface area contributed by atoms with Crippen LogP contribution in [0.1, 0.15) is 11.7 Å². The summed E-state index contributed by atoms with van der Waals surface area (Å²) in [7, 11) is 1.38. The largest absolute Gasteiger partial charge is 0.508 e. The first-order valence-corrected chi connectivity index (χ1v) is 7.75. The predicted octanol–water partition coefficient (Wildman–Crippen LogP) is 3.34. The van der Waals surface area contributed by atoms with Crippen LogP contribution in [0.5, 0.6) is 5.75 Å². The van der Waals surface area contributed by atoms with Crippen molar-refractivity contribution in [1.82, 2.24) is 0 Å². The molecule has 0 aliphatic rings. The van der Waals surface area contributed by atoms with Crippen molar-refractivity contribution in [3.8, 4) is 5.75 Å². The maximum Gasteiger partial charge on any atom is 0.412 e. The van der Waals surface area contributed by atoms with Crippen molar-refractivity contribution in [2.24, 2.45) is 0 Å². The zero-order chi connectivity index (χ0) is 18.9. The molecule has 136 valence electrons. The Morgan fingerprint density at radius 2 is 1.73 bits per heavy atom. The molecule has 2 aromatic carbocycles. The smallest absolute Gasteiger partial charge is 0.412 e. The van der Waals surface area contributed by atoms with Gasteiger partial charge >= 0.3 is 12.1 Å². The van der Waals surface area contributed by atoms with E-state index in [0.717, 1.165) is 6.08 Å². The molecule has 2 aromatic rings. The molecule has 1 amide bonds. The van der Waals surface area contributed by atoms with Gasteiger partial charge in [0.05, 0.1) is 0 Å². The predicted molar refractivity (Wildman–Crippen MR) is 95.0 cm³/mol. The summed E-state index contributed by atoms with van der Waals surface area (Å²) in [5.74, 6) is -1.10. The Morgan fingerprint density at radius 1 is 1.08 bits per heavy atom. The second-order valence-electron chi connectivity index (χ2n) is 5.31. The molecule has 26 heavy (non-hydrogen) atoms. The number of carbonyl (C=O) groups excluding carboxylic acids is 1. The molecule has 0 saturated heterocycles. The number of hydrogen-bond acceptors (Lipinski definition) is 5. The normalized spacial score (nSPS) is 13.1. The molecule has 2 rings (SSSR count). The lowest BCUT2D eigenvalue weighted by Crippen LogP contribution is -2.27. The first-order chi connectivity index (χ1) is 12.5. The van der Waals surface area contributed by atoms with E-state index >= 15 is 0 Å². The van der Waals surface area contributed by atoms with Gasteiger partial charge in [0, 0.05) is 18.9 Å². The molecule has 0 aromatic heterocycles. The standard InChI is InChI=1S/C19H19NO6/c1-25-16(11-12-17(22)23)18(13-7-9-15(21)10-8-13)26-19(24)20-14-5-3-2-4-6-14/h2-12,16,18,21H,1H3,(H,20,24)(H,22,23)/b12-11+/t16-,18-/m0/s1. The van der Waals surface area contributed by atoms with Crippen molar-refractivity contribution >= 4 is 17.7 Å². The molecule has 0 fully saturated rings. The van der Waals surface area contributed by atoms with Crippen LogP contribution in [0.3, 0.4) is 0 Å². The molecule has 0 radical (unpaired) electrons. The maximum atomic E-state index is 12.2. The van der Waals surface area contributed by atoms with E-state index in [2.05, 4.69) is 5.32 Å². The van der Waals surface area contributed by atoms with Gasteiger partial charge in [0.15, 0.2) is 6.10 Å². The van der Waals surface area contributed by atoms with Gasteiger partial charge in [0.2, 0.25) is 0 Å². The van der Waals surface area contributed by atoms with Gasteiger partial charge in [-0.25, -0.2) is 9.59 Å². The molecule has 0 aliphatic carbocycles. The van der Waals surface area contributed by atoms with Crippen LogP contribution >= 0.6 is 0 Å². The Morgan fingerprint density at radius 3 is 2.31 bits per heavy atom. The molecular formula is C19H19NO6. The maximum absolute atomic E-state index is 12.2. The topological polar surface area (TPSA) is 105 Å². The average molecular weight is 357 g/mol. The Kier molecular flexibility index (Phi) is 6.75. The number of carboxylic acids is 1.